The van der Waals surface area contributed by atoms with Crippen LogP contribution in [0, 0.1) is 0 Å². The molecule has 1 aromatic rings. The first-order valence-corrected chi connectivity index (χ1v) is 8.62. The summed E-state index contributed by atoms with van der Waals surface area (Å²) in [6.07, 6.45) is 17.4. The van der Waals surface area contributed by atoms with Crippen LogP contribution in [0.25, 0.3) is 0 Å². The summed E-state index contributed by atoms with van der Waals surface area (Å²) in [5, 5.41) is 0. The molecule has 20 heavy (non-hydrogen) atoms. The molecule has 0 radical (unpaired) electrons. The topological polar surface area (TPSA) is 17.8 Å². The molecule has 0 atom stereocenters. The van der Waals surface area contributed by atoms with E-state index in [2.05, 4.69) is 43.6 Å². The first-order chi connectivity index (χ1) is 9.64. The SMILES string of the molecule is CCCCCCC(C)(CCCCCC)c1nccn1C. The molecule has 0 aliphatic heterocycles. The number of hydrogen-bond donors (Lipinski definition) is 0. The minimum absolute atomic E-state index is 0.264. The van der Waals surface area contributed by atoms with Crippen LogP contribution in [0.15, 0.2) is 12.4 Å². The highest BCUT2D eigenvalue weighted by molar-refractivity contribution is 5.08. The van der Waals surface area contributed by atoms with E-state index in [0.717, 1.165) is 0 Å². The highest BCUT2D eigenvalue weighted by Gasteiger charge is 2.29. The fourth-order valence-corrected chi connectivity index (χ4v) is 3.18. The van der Waals surface area contributed by atoms with Gasteiger partial charge >= 0.3 is 0 Å². The molecule has 1 rings (SSSR count). The number of rotatable bonds is 11. The number of aromatic nitrogens is 2. The first kappa shape index (κ1) is 17.3. The van der Waals surface area contributed by atoms with Crippen LogP contribution in [0.2, 0.25) is 0 Å². The maximum Gasteiger partial charge on any atom is 0.114 e. The Balaban J connectivity index is 2.60. The van der Waals surface area contributed by atoms with E-state index < -0.39 is 0 Å². The third-order valence-electron chi connectivity index (χ3n) is 4.53. The lowest BCUT2D eigenvalue weighted by atomic mass is 9.79. The van der Waals surface area contributed by atoms with Crippen molar-refractivity contribution in [3.8, 4) is 0 Å². The van der Waals surface area contributed by atoms with Crippen LogP contribution in [0.4, 0.5) is 0 Å². The van der Waals surface area contributed by atoms with Gasteiger partial charge in [-0.15, -0.1) is 0 Å². The van der Waals surface area contributed by atoms with E-state index in [9.17, 15) is 0 Å². The molecule has 0 unspecified atom stereocenters. The second-order valence-electron chi connectivity index (χ2n) is 6.54. The Labute approximate surface area is 126 Å². The van der Waals surface area contributed by atoms with Crippen molar-refractivity contribution in [1.29, 1.82) is 0 Å². The van der Waals surface area contributed by atoms with Crippen LogP contribution < -0.4 is 0 Å². The van der Waals surface area contributed by atoms with Crippen molar-refractivity contribution in [2.24, 2.45) is 7.05 Å². The zero-order valence-electron chi connectivity index (χ0n) is 14.1. The number of hydrogen-bond acceptors (Lipinski definition) is 1. The van der Waals surface area contributed by atoms with Gasteiger partial charge in [0.25, 0.3) is 0 Å². The van der Waals surface area contributed by atoms with Crippen LogP contribution in [0.5, 0.6) is 0 Å². The molecule has 0 saturated heterocycles. The summed E-state index contributed by atoms with van der Waals surface area (Å²) in [6, 6.07) is 0. The van der Waals surface area contributed by atoms with E-state index in [0.29, 0.717) is 0 Å². The maximum atomic E-state index is 4.65. The molecule has 2 nitrogen and oxygen atoms in total. The van der Waals surface area contributed by atoms with Crippen LogP contribution in [0.3, 0.4) is 0 Å². The lowest BCUT2D eigenvalue weighted by Crippen LogP contribution is -2.26. The molecular weight excluding hydrogens is 244 g/mol. The first-order valence-electron chi connectivity index (χ1n) is 8.62. The summed E-state index contributed by atoms with van der Waals surface area (Å²) in [6.45, 7) is 6.98. The predicted molar refractivity (Wildman–Crippen MR) is 88.1 cm³/mol. The van der Waals surface area contributed by atoms with Gasteiger partial charge in [-0.25, -0.2) is 4.98 Å². The largest absolute Gasteiger partial charge is 0.338 e. The van der Waals surface area contributed by atoms with Gasteiger partial charge < -0.3 is 4.57 Å². The molecule has 0 amide bonds. The van der Waals surface area contributed by atoms with Crippen LogP contribution in [-0.4, -0.2) is 9.55 Å². The highest BCUT2D eigenvalue weighted by Crippen LogP contribution is 2.34. The fraction of sp³-hybridized carbons (Fsp3) is 0.833. The van der Waals surface area contributed by atoms with Gasteiger partial charge in [-0.1, -0.05) is 72.1 Å². The van der Waals surface area contributed by atoms with Crippen molar-refractivity contribution in [2.45, 2.75) is 90.4 Å². The highest BCUT2D eigenvalue weighted by atomic mass is 15.0. The Morgan fingerprint density at radius 1 is 0.950 bits per heavy atom. The van der Waals surface area contributed by atoms with Crippen LogP contribution >= 0.6 is 0 Å². The van der Waals surface area contributed by atoms with Gasteiger partial charge in [-0.2, -0.15) is 0 Å². The van der Waals surface area contributed by atoms with E-state index in [1.807, 2.05) is 6.20 Å². The van der Waals surface area contributed by atoms with Crippen molar-refractivity contribution in [3.63, 3.8) is 0 Å². The summed E-state index contributed by atoms with van der Waals surface area (Å²) in [7, 11) is 2.14. The Kier molecular flexibility index (Phi) is 7.94. The summed E-state index contributed by atoms with van der Waals surface area (Å²) >= 11 is 0. The predicted octanol–water partition coefficient (Wildman–Crippen LogP) is 5.62. The number of imidazole rings is 1. The fourth-order valence-electron chi connectivity index (χ4n) is 3.18. The van der Waals surface area contributed by atoms with Crippen molar-refractivity contribution in [3.05, 3.63) is 18.2 Å². The molecule has 1 aromatic heterocycles. The number of unbranched alkanes of at least 4 members (excludes halogenated alkanes) is 6. The van der Waals surface area contributed by atoms with E-state index in [1.54, 1.807) is 0 Å². The second kappa shape index (κ2) is 9.20. The standard InChI is InChI=1S/C18H34N2/c1-5-7-9-11-13-18(3,14-12-10-8-6-2)17-19-15-16-20(17)4/h15-16H,5-14H2,1-4H3. The van der Waals surface area contributed by atoms with Crippen LogP contribution in [0.1, 0.15) is 90.8 Å². The van der Waals surface area contributed by atoms with Gasteiger partial charge in [0.2, 0.25) is 0 Å². The summed E-state index contributed by atoms with van der Waals surface area (Å²) in [5.41, 5.74) is 0.264. The van der Waals surface area contributed by atoms with Gasteiger partial charge in [-0.3, -0.25) is 0 Å². The maximum absolute atomic E-state index is 4.65. The molecule has 0 aromatic carbocycles. The molecule has 1 heterocycles. The Morgan fingerprint density at radius 3 is 1.90 bits per heavy atom. The van der Waals surface area contributed by atoms with Crippen molar-refractivity contribution in [1.82, 2.24) is 9.55 Å². The Morgan fingerprint density at radius 2 is 1.50 bits per heavy atom. The number of nitrogens with zero attached hydrogens (tertiary/aromatic N) is 2. The molecule has 0 bridgehead atoms. The Bertz CT molecular complexity index is 342. The average Bonchev–Trinajstić information content (AvgIpc) is 2.87. The smallest absolute Gasteiger partial charge is 0.114 e. The molecule has 0 aliphatic rings. The molecular formula is C18H34N2. The van der Waals surface area contributed by atoms with Gasteiger partial charge in [0.05, 0.1) is 0 Å². The van der Waals surface area contributed by atoms with Crippen molar-refractivity contribution in [2.75, 3.05) is 0 Å². The van der Waals surface area contributed by atoms with Gasteiger partial charge in [0.15, 0.2) is 0 Å². The van der Waals surface area contributed by atoms with E-state index in [-0.39, 0.29) is 5.41 Å². The normalized spacial score (nSPS) is 12.0. The second-order valence-corrected chi connectivity index (χ2v) is 6.54. The molecule has 116 valence electrons. The van der Waals surface area contributed by atoms with Crippen molar-refractivity contribution < 1.29 is 0 Å². The minimum atomic E-state index is 0.264. The zero-order chi connectivity index (χ0) is 14.8. The van der Waals surface area contributed by atoms with Gasteiger partial charge in [0.1, 0.15) is 5.82 Å². The third kappa shape index (κ3) is 5.30. The molecule has 0 spiro atoms. The lowest BCUT2D eigenvalue weighted by molar-refractivity contribution is 0.338. The van der Waals surface area contributed by atoms with Gasteiger partial charge in [0, 0.05) is 24.9 Å². The molecule has 2 heteroatoms. The van der Waals surface area contributed by atoms with Crippen LogP contribution in [-0.2, 0) is 12.5 Å². The monoisotopic (exact) mass is 278 g/mol. The average molecular weight is 278 g/mol. The minimum Gasteiger partial charge on any atom is -0.338 e. The number of aryl methyl sites for hydroxylation is 1. The van der Waals surface area contributed by atoms with E-state index in [1.165, 1.54) is 70.0 Å². The quantitative estimate of drug-likeness (QED) is 0.480. The molecule has 0 saturated carbocycles. The Hall–Kier alpha value is -0.790. The molecule has 0 N–H and O–H groups in total. The van der Waals surface area contributed by atoms with E-state index in [4.69, 9.17) is 0 Å². The summed E-state index contributed by atoms with van der Waals surface area (Å²) < 4.78 is 2.22. The zero-order valence-corrected chi connectivity index (χ0v) is 14.1. The molecule has 0 fully saturated rings. The summed E-state index contributed by atoms with van der Waals surface area (Å²) in [4.78, 5) is 4.65. The summed E-state index contributed by atoms with van der Waals surface area (Å²) in [5.74, 6) is 1.28. The van der Waals surface area contributed by atoms with Gasteiger partial charge in [-0.05, 0) is 12.8 Å². The lowest BCUT2D eigenvalue weighted by Gasteiger charge is -2.29. The van der Waals surface area contributed by atoms with E-state index >= 15 is 0 Å². The van der Waals surface area contributed by atoms with Crippen molar-refractivity contribution >= 4 is 0 Å². The molecule has 0 aliphatic carbocycles. The third-order valence-corrected chi connectivity index (χ3v) is 4.53.